The second kappa shape index (κ2) is 7.25. The summed E-state index contributed by atoms with van der Waals surface area (Å²) in [6.45, 7) is 7.79. The fourth-order valence-electron chi connectivity index (χ4n) is 1.66. The average molecular weight is 251 g/mol. The summed E-state index contributed by atoms with van der Waals surface area (Å²) >= 11 is 0. The van der Waals surface area contributed by atoms with E-state index in [2.05, 4.69) is 19.2 Å². The predicted molar refractivity (Wildman–Crippen MR) is 67.3 cm³/mol. The van der Waals surface area contributed by atoms with Crippen molar-refractivity contribution in [2.75, 3.05) is 18.1 Å². The smallest absolute Gasteiger partial charge is 0.151 e. The van der Waals surface area contributed by atoms with Gasteiger partial charge >= 0.3 is 0 Å². The first-order chi connectivity index (χ1) is 7.32. The molecule has 16 heavy (non-hydrogen) atoms. The van der Waals surface area contributed by atoms with Crippen molar-refractivity contribution in [1.29, 1.82) is 0 Å². The second-order valence-electron chi connectivity index (χ2n) is 4.63. The predicted octanol–water partition coefficient (Wildman–Crippen LogP) is 0.806. The first-order valence-corrected chi connectivity index (χ1v) is 7.71. The highest BCUT2D eigenvalue weighted by atomic mass is 32.2. The van der Waals surface area contributed by atoms with Crippen molar-refractivity contribution in [3.05, 3.63) is 0 Å². The maximum Gasteiger partial charge on any atom is 0.151 e. The topological polar surface area (TPSA) is 66.4 Å². The fourth-order valence-corrected chi connectivity index (χ4v) is 2.75. The van der Waals surface area contributed by atoms with Crippen molar-refractivity contribution in [3.63, 3.8) is 0 Å². The van der Waals surface area contributed by atoms with Crippen LogP contribution in [0, 0.1) is 5.92 Å². The SMILES string of the molecule is CCS(=O)(=O)CC(C)NC(CCO)C(C)C. The molecule has 0 aromatic rings. The van der Waals surface area contributed by atoms with Gasteiger partial charge in [-0.15, -0.1) is 0 Å². The maximum atomic E-state index is 11.4. The van der Waals surface area contributed by atoms with Crippen molar-refractivity contribution in [1.82, 2.24) is 5.32 Å². The number of aliphatic hydroxyl groups excluding tert-OH is 1. The van der Waals surface area contributed by atoms with Crippen molar-refractivity contribution in [2.24, 2.45) is 5.92 Å². The molecular formula is C11H25NO3S. The number of hydrogen-bond donors (Lipinski definition) is 2. The zero-order valence-electron chi connectivity index (χ0n) is 10.7. The Balaban J connectivity index is 4.25. The van der Waals surface area contributed by atoms with E-state index in [1.807, 2.05) is 6.92 Å². The third kappa shape index (κ3) is 6.45. The molecule has 0 aliphatic heterocycles. The molecule has 0 saturated carbocycles. The Morgan fingerprint density at radius 3 is 2.19 bits per heavy atom. The lowest BCUT2D eigenvalue weighted by Gasteiger charge is -2.25. The standard InChI is InChI=1S/C11H25NO3S/c1-5-16(14,15)8-10(4)12-11(6-7-13)9(2)3/h9-13H,5-8H2,1-4H3. The minimum atomic E-state index is -2.93. The van der Waals surface area contributed by atoms with Gasteiger partial charge in [-0.25, -0.2) is 8.42 Å². The molecule has 2 N–H and O–H groups in total. The van der Waals surface area contributed by atoms with E-state index in [1.165, 1.54) is 0 Å². The number of sulfone groups is 1. The molecule has 0 spiro atoms. The van der Waals surface area contributed by atoms with Crippen molar-refractivity contribution >= 4 is 9.84 Å². The zero-order chi connectivity index (χ0) is 12.8. The molecule has 4 nitrogen and oxygen atoms in total. The van der Waals surface area contributed by atoms with Crippen LogP contribution < -0.4 is 5.32 Å². The van der Waals surface area contributed by atoms with E-state index in [0.717, 1.165) is 0 Å². The molecule has 2 atom stereocenters. The summed E-state index contributed by atoms with van der Waals surface area (Å²) in [7, 11) is -2.93. The van der Waals surface area contributed by atoms with E-state index in [1.54, 1.807) is 6.92 Å². The summed E-state index contributed by atoms with van der Waals surface area (Å²) in [5.74, 6) is 0.739. The molecule has 0 aliphatic carbocycles. The van der Waals surface area contributed by atoms with Gasteiger partial charge in [-0.3, -0.25) is 0 Å². The van der Waals surface area contributed by atoms with Gasteiger partial charge in [-0.1, -0.05) is 20.8 Å². The highest BCUT2D eigenvalue weighted by Gasteiger charge is 2.19. The van der Waals surface area contributed by atoms with Crippen LogP contribution in [0.2, 0.25) is 0 Å². The van der Waals surface area contributed by atoms with Gasteiger partial charge in [0, 0.05) is 24.4 Å². The highest BCUT2D eigenvalue weighted by molar-refractivity contribution is 7.91. The van der Waals surface area contributed by atoms with Crippen LogP contribution in [-0.2, 0) is 9.84 Å². The molecule has 0 heterocycles. The maximum absolute atomic E-state index is 11.4. The second-order valence-corrected chi connectivity index (χ2v) is 7.03. The Bertz CT molecular complexity index is 275. The highest BCUT2D eigenvalue weighted by Crippen LogP contribution is 2.07. The largest absolute Gasteiger partial charge is 0.396 e. The van der Waals surface area contributed by atoms with Gasteiger partial charge in [0.15, 0.2) is 9.84 Å². The summed E-state index contributed by atoms with van der Waals surface area (Å²) < 4.78 is 22.9. The van der Waals surface area contributed by atoms with Gasteiger partial charge < -0.3 is 10.4 Å². The van der Waals surface area contributed by atoms with Crippen LogP contribution in [-0.4, -0.2) is 43.7 Å². The third-order valence-corrected chi connectivity index (χ3v) is 4.57. The van der Waals surface area contributed by atoms with Gasteiger partial charge in [-0.05, 0) is 19.3 Å². The molecule has 0 rings (SSSR count). The van der Waals surface area contributed by atoms with Crippen LogP contribution in [0.15, 0.2) is 0 Å². The molecule has 0 aromatic heterocycles. The number of hydrogen-bond acceptors (Lipinski definition) is 4. The first kappa shape index (κ1) is 15.9. The summed E-state index contributed by atoms with van der Waals surface area (Å²) in [5, 5.41) is 12.2. The molecule has 0 aromatic carbocycles. The van der Waals surface area contributed by atoms with Gasteiger partial charge in [0.1, 0.15) is 0 Å². The van der Waals surface area contributed by atoms with Crippen molar-refractivity contribution in [3.8, 4) is 0 Å². The van der Waals surface area contributed by atoms with Crippen LogP contribution in [0.5, 0.6) is 0 Å². The molecule has 2 unspecified atom stereocenters. The van der Waals surface area contributed by atoms with E-state index in [-0.39, 0.29) is 30.2 Å². The zero-order valence-corrected chi connectivity index (χ0v) is 11.5. The molecule has 5 heteroatoms. The molecule has 0 aliphatic rings. The fraction of sp³-hybridized carbons (Fsp3) is 1.00. The minimum Gasteiger partial charge on any atom is -0.396 e. The first-order valence-electron chi connectivity index (χ1n) is 5.89. The Morgan fingerprint density at radius 1 is 1.25 bits per heavy atom. The molecule has 98 valence electrons. The average Bonchev–Trinajstić information content (AvgIpc) is 2.16. The van der Waals surface area contributed by atoms with Crippen LogP contribution >= 0.6 is 0 Å². The Hall–Kier alpha value is -0.130. The quantitative estimate of drug-likeness (QED) is 0.670. The third-order valence-electron chi connectivity index (χ3n) is 2.69. The van der Waals surface area contributed by atoms with E-state index >= 15 is 0 Å². The van der Waals surface area contributed by atoms with E-state index in [9.17, 15) is 8.42 Å². The number of aliphatic hydroxyl groups is 1. The van der Waals surface area contributed by atoms with Gasteiger partial charge in [0.25, 0.3) is 0 Å². The Kier molecular flexibility index (Phi) is 7.19. The van der Waals surface area contributed by atoms with Crippen LogP contribution in [0.1, 0.15) is 34.1 Å². The summed E-state index contributed by atoms with van der Waals surface area (Å²) in [5.41, 5.74) is 0. The number of rotatable bonds is 8. The van der Waals surface area contributed by atoms with Crippen molar-refractivity contribution < 1.29 is 13.5 Å². The Morgan fingerprint density at radius 2 is 1.81 bits per heavy atom. The molecule has 0 radical (unpaired) electrons. The van der Waals surface area contributed by atoms with E-state index < -0.39 is 9.84 Å². The van der Waals surface area contributed by atoms with E-state index in [4.69, 9.17) is 5.11 Å². The van der Waals surface area contributed by atoms with Crippen LogP contribution in [0.25, 0.3) is 0 Å². The monoisotopic (exact) mass is 251 g/mol. The molecule has 0 bridgehead atoms. The molecule has 0 saturated heterocycles. The minimum absolute atomic E-state index is 0.0658. The van der Waals surface area contributed by atoms with Gasteiger partial charge in [0.05, 0.1) is 5.75 Å². The summed E-state index contributed by atoms with van der Waals surface area (Å²) in [6.07, 6.45) is 0.661. The van der Waals surface area contributed by atoms with E-state index in [0.29, 0.717) is 12.3 Å². The van der Waals surface area contributed by atoms with Gasteiger partial charge in [-0.2, -0.15) is 0 Å². The molecular weight excluding hydrogens is 226 g/mol. The molecule has 0 fully saturated rings. The molecule has 0 amide bonds. The van der Waals surface area contributed by atoms with Crippen LogP contribution in [0.4, 0.5) is 0 Å². The summed E-state index contributed by atoms with van der Waals surface area (Å²) in [6, 6.07) is 0.107. The Labute approximate surface area is 99.4 Å². The normalized spacial score (nSPS) is 16.4. The summed E-state index contributed by atoms with van der Waals surface area (Å²) in [4.78, 5) is 0. The van der Waals surface area contributed by atoms with Crippen LogP contribution in [0.3, 0.4) is 0 Å². The van der Waals surface area contributed by atoms with Crippen molar-refractivity contribution in [2.45, 2.75) is 46.2 Å². The lowest BCUT2D eigenvalue weighted by atomic mass is 10.0. The van der Waals surface area contributed by atoms with Gasteiger partial charge in [0.2, 0.25) is 0 Å². The lowest BCUT2D eigenvalue weighted by Crippen LogP contribution is -2.43. The number of nitrogens with one attached hydrogen (secondary N) is 1. The lowest BCUT2D eigenvalue weighted by molar-refractivity contribution is 0.239.